The van der Waals surface area contributed by atoms with Gasteiger partial charge >= 0.3 is 0 Å². The Hall–Kier alpha value is -0.0400. The van der Waals surface area contributed by atoms with Gasteiger partial charge in [-0.1, -0.05) is 41.5 Å². The normalized spacial score (nSPS) is 17.1. The smallest absolute Gasteiger partial charge is 0.0181 e. The fourth-order valence-corrected chi connectivity index (χ4v) is 1.94. The Morgan fingerprint density at radius 3 is 1.57 bits per heavy atom. The molecule has 1 aliphatic carbocycles. The average Bonchev–Trinajstić information content (AvgIpc) is 2.18. The summed E-state index contributed by atoms with van der Waals surface area (Å²) < 4.78 is 0. The van der Waals surface area contributed by atoms with Crippen molar-refractivity contribution >= 4 is 0 Å². The minimum atomic E-state index is 0.536. The Labute approximate surface area is 91.7 Å². The topological polar surface area (TPSA) is 12.0 Å². The number of nitrogens with one attached hydrogen (secondary N) is 1. The van der Waals surface area contributed by atoms with Gasteiger partial charge in [-0.3, -0.25) is 0 Å². The minimum Gasteiger partial charge on any atom is -0.314 e. The maximum atomic E-state index is 3.45. The van der Waals surface area contributed by atoms with Gasteiger partial charge in [0.1, 0.15) is 0 Å². The van der Waals surface area contributed by atoms with Crippen LogP contribution in [0.25, 0.3) is 0 Å². The molecule has 0 saturated heterocycles. The van der Waals surface area contributed by atoms with Crippen LogP contribution in [-0.4, -0.2) is 12.6 Å². The van der Waals surface area contributed by atoms with Crippen LogP contribution in [0.5, 0.6) is 0 Å². The van der Waals surface area contributed by atoms with Crippen LogP contribution in [0.3, 0.4) is 0 Å². The first-order chi connectivity index (χ1) is 6.68. The van der Waals surface area contributed by atoms with E-state index in [0.29, 0.717) is 5.54 Å². The summed E-state index contributed by atoms with van der Waals surface area (Å²) in [7, 11) is 2.10. The molecule has 0 radical (unpaired) electrons. The second-order valence-corrected chi connectivity index (χ2v) is 3.98. The molecule has 1 fully saturated rings. The minimum absolute atomic E-state index is 0.536. The van der Waals surface area contributed by atoms with E-state index < -0.39 is 0 Å². The van der Waals surface area contributed by atoms with Gasteiger partial charge in [-0.15, -0.1) is 0 Å². The van der Waals surface area contributed by atoms with Crippen molar-refractivity contribution in [3.8, 4) is 0 Å². The lowest BCUT2D eigenvalue weighted by Crippen LogP contribution is -2.49. The molecule has 0 aromatic carbocycles. The highest BCUT2D eigenvalue weighted by Gasteiger charge is 2.35. The van der Waals surface area contributed by atoms with Crippen LogP contribution in [0.1, 0.15) is 67.2 Å². The van der Waals surface area contributed by atoms with Gasteiger partial charge in [-0.25, -0.2) is 0 Å². The van der Waals surface area contributed by atoms with Gasteiger partial charge in [-0.05, 0) is 38.6 Å². The second kappa shape index (κ2) is 9.51. The van der Waals surface area contributed by atoms with Crippen LogP contribution in [-0.2, 0) is 0 Å². The quantitative estimate of drug-likeness (QED) is 0.720. The fraction of sp³-hybridized carbons (Fsp3) is 1.00. The summed E-state index contributed by atoms with van der Waals surface area (Å²) in [6.45, 7) is 12.6. The van der Waals surface area contributed by atoms with Crippen molar-refractivity contribution in [2.75, 3.05) is 7.05 Å². The summed E-state index contributed by atoms with van der Waals surface area (Å²) in [5.41, 5.74) is 0.536. The molecule has 1 aliphatic rings. The zero-order valence-electron chi connectivity index (χ0n) is 11.4. The monoisotopic (exact) mass is 201 g/mol. The van der Waals surface area contributed by atoms with Crippen LogP contribution in [0.2, 0.25) is 0 Å². The number of hydrogen-bond acceptors (Lipinski definition) is 1. The van der Waals surface area contributed by atoms with Crippen LogP contribution < -0.4 is 5.32 Å². The molecule has 1 nitrogen and oxygen atoms in total. The first kappa shape index (κ1) is 16.4. The van der Waals surface area contributed by atoms with E-state index in [9.17, 15) is 0 Å². The van der Waals surface area contributed by atoms with E-state index in [1.807, 2.05) is 27.7 Å². The predicted molar refractivity (Wildman–Crippen MR) is 67.8 cm³/mol. The average molecular weight is 201 g/mol. The summed E-state index contributed by atoms with van der Waals surface area (Å²) in [4.78, 5) is 0. The summed E-state index contributed by atoms with van der Waals surface area (Å²) in [5.74, 6) is 0.841. The van der Waals surface area contributed by atoms with Crippen LogP contribution in [0, 0.1) is 5.92 Å². The molecule has 1 heteroatoms. The third-order valence-electron chi connectivity index (χ3n) is 2.64. The maximum absolute atomic E-state index is 3.45. The largest absolute Gasteiger partial charge is 0.314 e. The molecule has 0 aliphatic heterocycles. The van der Waals surface area contributed by atoms with Crippen molar-refractivity contribution in [3.63, 3.8) is 0 Å². The molecule has 1 rings (SSSR count). The Morgan fingerprint density at radius 2 is 1.50 bits per heavy atom. The van der Waals surface area contributed by atoms with Gasteiger partial charge < -0.3 is 5.32 Å². The van der Waals surface area contributed by atoms with Crippen molar-refractivity contribution in [1.29, 1.82) is 0 Å². The Kier molecular flexibility index (Phi) is 11.1. The van der Waals surface area contributed by atoms with Gasteiger partial charge in [0.05, 0.1) is 0 Å². The molecule has 1 N–H and O–H groups in total. The van der Waals surface area contributed by atoms with E-state index in [2.05, 4.69) is 26.2 Å². The molecule has 0 unspecified atom stereocenters. The molecule has 0 atom stereocenters. The third-order valence-corrected chi connectivity index (χ3v) is 2.64. The Balaban J connectivity index is 0. The van der Waals surface area contributed by atoms with Gasteiger partial charge in [0.25, 0.3) is 0 Å². The lowest BCUT2D eigenvalue weighted by Gasteiger charge is -2.43. The van der Waals surface area contributed by atoms with Crippen molar-refractivity contribution in [1.82, 2.24) is 5.32 Å². The molecule has 0 aromatic rings. The van der Waals surface area contributed by atoms with Crippen LogP contribution in [0.15, 0.2) is 0 Å². The lowest BCUT2D eigenvalue weighted by molar-refractivity contribution is 0.163. The molecular weight excluding hydrogens is 170 g/mol. The van der Waals surface area contributed by atoms with Crippen molar-refractivity contribution in [2.45, 2.75) is 72.8 Å². The highest BCUT2D eigenvalue weighted by atomic mass is 15.0. The van der Waals surface area contributed by atoms with Gasteiger partial charge in [-0.2, -0.15) is 0 Å². The first-order valence-corrected chi connectivity index (χ1v) is 6.37. The van der Waals surface area contributed by atoms with Gasteiger partial charge in [0, 0.05) is 5.54 Å². The molecule has 0 bridgehead atoms. The zero-order chi connectivity index (χ0) is 11.6. The number of rotatable bonds is 3. The van der Waals surface area contributed by atoms with E-state index >= 15 is 0 Å². The second-order valence-electron chi connectivity index (χ2n) is 3.98. The number of hydrogen-bond donors (Lipinski definition) is 1. The zero-order valence-corrected chi connectivity index (χ0v) is 11.4. The lowest BCUT2D eigenvalue weighted by atomic mass is 9.72. The molecule has 0 heterocycles. The van der Waals surface area contributed by atoms with Crippen LogP contribution >= 0.6 is 0 Å². The standard InChI is InChI=1S/C9H19N.2C2H6/c1-8(2)7-9(10-3)5-4-6-9;2*1-2/h8,10H,4-7H2,1-3H3;2*1-2H3. The SMILES string of the molecule is CC.CC.CNC1(CC(C)C)CCC1. The van der Waals surface area contributed by atoms with Crippen molar-refractivity contribution < 1.29 is 0 Å². The molecule has 1 saturated carbocycles. The first-order valence-electron chi connectivity index (χ1n) is 6.37. The predicted octanol–water partition coefficient (Wildman–Crippen LogP) is 4.23. The summed E-state index contributed by atoms with van der Waals surface area (Å²) >= 11 is 0. The highest BCUT2D eigenvalue weighted by Crippen LogP contribution is 2.36. The van der Waals surface area contributed by atoms with Gasteiger partial charge in [0.15, 0.2) is 0 Å². The van der Waals surface area contributed by atoms with E-state index in [1.54, 1.807) is 0 Å². The molecule has 0 aromatic heterocycles. The summed E-state index contributed by atoms with van der Waals surface area (Å²) in [6.07, 6.45) is 5.56. The van der Waals surface area contributed by atoms with Crippen molar-refractivity contribution in [3.05, 3.63) is 0 Å². The van der Waals surface area contributed by atoms with Crippen LogP contribution in [0.4, 0.5) is 0 Å². The summed E-state index contributed by atoms with van der Waals surface area (Å²) in [6, 6.07) is 0. The van der Waals surface area contributed by atoms with Crippen molar-refractivity contribution in [2.24, 2.45) is 5.92 Å². The van der Waals surface area contributed by atoms with E-state index in [-0.39, 0.29) is 0 Å². The molecule has 88 valence electrons. The van der Waals surface area contributed by atoms with E-state index in [4.69, 9.17) is 0 Å². The molecule has 0 amide bonds. The highest BCUT2D eigenvalue weighted by molar-refractivity contribution is 4.95. The molecule has 14 heavy (non-hydrogen) atoms. The van der Waals surface area contributed by atoms with E-state index in [0.717, 1.165) is 5.92 Å². The summed E-state index contributed by atoms with van der Waals surface area (Å²) in [5, 5.41) is 3.45. The third kappa shape index (κ3) is 5.64. The maximum Gasteiger partial charge on any atom is 0.0181 e. The Bertz CT molecular complexity index is 98.3. The Morgan fingerprint density at radius 1 is 1.07 bits per heavy atom. The molecular formula is C13H31N. The fourth-order valence-electron chi connectivity index (χ4n) is 1.94. The molecule has 0 spiro atoms. The van der Waals surface area contributed by atoms with E-state index in [1.165, 1.54) is 25.7 Å². The van der Waals surface area contributed by atoms with Gasteiger partial charge in [0.2, 0.25) is 0 Å².